The number of nitriles is 1. The molecule has 0 bridgehead atoms. The molecular formula is C17H17N7O4S3. The van der Waals surface area contributed by atoms with Crippen LogP contribution in [-0.2, 0) is 14.4 Å². The number of nitrogens with zero attached hydrogens (tertiary/aromatic N) is 6. The van der Waals surface area contributed by atoms with E-state index in [9.17, 15) is 24.8 Å². The molecule has 31 heavy (non-hydrogen) atoms. The van der Waals surface area contributed by atoms with E-state index >= 15 is 0 Å². The van der Waals surface area contributed by atoms with Crippen molar-refractivity contribution >= 4 is 57.6 Å². The van der Waals surface area contributed by atoms with E-state index in [0.717, 1.165) is 11.8 Å². The topological polar surface area (TPSA) is 156 Å². The van der Waals surface area contributed by atoms with E-state index in [1.54, 1.807) is 6.07 Å². The van der Waals surface area contributed by atoms with Gasteiger partial charge in [0.2, 0.25) is 17.0 Å². The molecule has 2 amide bonds. The van der Waals surface area contributed by atoms with Crippen molar-refractivity contribution in [2.45, 2.75) is 35.2 Å². The average Bonchev–Trinajstić information content (AvgIpc) is 3.44. The molecule has 2 aromatic rings. The highest BCUT2D eigenvalue weighted by atomic mass is 32.2. The van der Waals surface area contributed by atoms with E-state index in [0.29, 0.717) is 10.2 Å². The van der Waals surface area contributed by atoms with Crippen LogP contribution in [0.1, 0.15) is 13.3 Å². The predicted octanol–water partition coefficient (Wildman–Crippen LogP) is 1.04. The number of amides is 2. The second-order valence-electron chi connectivity index (χ2n) is 7.09. The minimum Gasteiger partial charge on any atom is -0.481 e. The van der Waals surface area contributed by atoms with E-state index in [4.69, 9.17) is 0 Å². The summed E-state index contributed by atoms with van der Waals surface area (Å²) in [6, 6.07) is 4.96. The molecule has 2 aromatic heterocycles. The number of carboxylic acid groups (broad SMARTS) is 1. The Labute approximate surface area is 189 Å². The lowest BCUT2D eigenvalue weighted by Crippen LogP contribution is -2.75. The predicted molar refractivity (Wildman–Crippen MR) is 113 cm³/mol. The van der Waals surface area contributed by atoms with Crippen molar-refractivity contribution in [2.24, 2.45) is 5.41 Å². The van der Waals surface area contributed by atoms with Crippen LogP contribution in [0.5, 0.6) is 0 Å². The van der Waals surface area contributed by atoms with E-state index in [2.05, 4.69) is 20.6 Å². The van der Waals surface area contributed by atoms with Crippen molar-refractivity contribution in [3.63, 3.8) is 0 Å². The van der Waals surface area contributed by atoms with Gasteiger partial charge in [0.05, 0.1) is 11.1 Å². The number of carbonyl (C=O) groups is 3. The lowest BCUT2D eigenvalue weighted by Gasteiger charge is -2.56. The summed E-state index contributed by atoms with van der Waals surface area (Å²) in [5, 5.41) is 34.6. The summed E-state index contributed by atoms with van der Waals surface area (Å²) >= 11 is 3.77. The Kier molecular flexibility index (Phi) is 5.91. The Morgan fingerprint density at radius 2 is 2.39 bits per heavy atom. The third kappa shape index (κ3) is 3.66. The highest BCUT2D eigenvalue weighted by Gasteiger charge is 2.61. The number of thioether (sulfide) groups is 2. The van der Waals surface area contributed by atoms with Crippen molar-refractivity contribution in [2.75, 3.05) is 17.2 Å². The summed E-state index contributed by atoms with van der Waals surface area (Å²) in [7, 11) is 0. The van der Waals surface area contributed by atoms with Gasteiger partial charge in [-0.2, -0.15) is 5.26 Å². The van der Waals surface area contributed by atoms with Gasteiger partial charge < -0.3 is 10.0 Å². The lowest BCUT2D eigenvalue weighted by molar-refractivity contribution is -0.157. The Morgan fingerprint density at radius 1 is 1.58 bits per heavy atom. The average molecular weight is 480 g/mol. The smallest absolute Gasteiger partial charge is 0.313 e. The molecule has 3 unspecified atom stereocenters. The first kappa shape index (κ1) is 21.6. The van der Waals surface area contributed by atoms with E-state index in [1.807, 2.05) is 17.5 Å². The summed E-state index contributed by atoms with van der Waals surface area (Å²) < 4.78 is 0. The normalized spacial score (nSPS) is 25.8. The number of aromatic amines is 1. The Bertz CT molecular complexity index is 1030. The first-order chi connectivity index (χ1) is 14.9. The van der Waals surface area contributed by atoms with Crippen LogP contribution in [0.2, 0.25) is 0 Å². The maximum atomic E-state index is 13.1. The minimum absolute atomic E-state index is 0.0492. The zero-order chi connectivity index (χ0) is 22.2. The minimum atomic E-state index is -1.36. The van der Waals surface area contributed by atoms with Gasteiger partial charge in [-0.05, 0) is 27.9 Å². The maximum Gasteiger partial charge on any atom is 0.313 e. The molecule has 0 aliphatic carbocycles. The van der Waals surface area contributed by atoms with Crippen molar-refractivity contribution in [1.82, 2.24) is 25.5 Å². The Hall–Kier alpha value is -2.63. The number of hydrogen-bond donors (Lipinski definition) is 2. The van der Waals surface area contributed by atoms with Gasteiger partial charge in [-0.3, -0.25) is 19.3 Å². The van der Waals surface area contributed by atoms with Gasteiger partial charge in [0.15, 0.2) is 0 Å². The van der Waals surface area contributed by atoms with Crippen LogP contribution < -0.4 is 4.90 Å². The number of H-pyrrole nitrogens is 1. The molecule has 2 N–H and O–H groups in total. The standard InChI is InChI=1S/C17H17N7O4S3/c1-9(25)24(11-3-2-6-29-11)12-13(26)23-7-17(15(27)28,8-30-14(12)23)10(4-5-18)31-16-19-21-22-20-16/h2-3,6,10,12,14H,4,7-8H2,1H3,(H,27,28)(H,19,20,21,22)/t10?,12?,14-,17?/m1/s1. The van der Waals surface area contributed by atoms with Gasteiger partial charge in [-0.1, -0.05) is 11.8 Å². The Morgan fingerprint density at radius 3 is 2.97 bits per heavy atom. The molecule has 2 fully saturated rings. The van der Waals surface area contributed by atoms with Gasteiger partial charge >= 0.3 is 5.97 Å². The number of nitrogens with one attached hydrogen (secondary N) is 1. The number of carboxylic acids is 1. The number of aromatic nitrogens is 4. The van der Waals surface area contributed by atoms with Crippen LogP contribution in [0.3, 0.4) is 0 Å². The molecule has 4 atom stereocenters. The molecule has 2 aliphatic rings. The Balaban J connectivity index is 1.59. The molecule has 4 heterocycles. The number of β-lactam (4-membered cyclic amide) rings is 1. The molecule has 4 rings (SSSR count). The van der Waals surface area contributed by atoms with Gasteiger partial charge in [-0.15, -0.1) is 28.2 Å². The fourth-order valence-corrected chi connectivity index (χ4v) is 7.47. The van der Waals surface area contributed by atoms with Crippen molar-refractivity contribution in [3.8, 4) is 6.07 Å². The molecule has 162 valence electrons. The number of tetrazole rings is 1. The number of hydrogen-bond acceptors (Lipinski definition) is 10. The van der Waals surface area contributed by atoms with Crippen LogP contribution in [0.15, 0.2) is 22.7 Å². The lowest BCUT2D eigenvalue weighted by atomic mass is 9.82. The fraction of sp³-hybridized carbons (Fsp3) is 0.471. The van der Waals surface area contributed by atoms with Crippen LogP contribution in [0, 0.1) is 16.7 Å². The van der Waals surface area contributed by atoms with Gasteiger partial charge in [0.25, 0.3) is 0 Å². The zero-order valence-electron chi connectivity index (χ0n) is 16.2. The highest BCUT2D eigenvalue weighted by Crippen LogP contribution is 2.50. The molecule has 2 saturated heterocycles. The molecule has 0 spiro atoms. The van der Waals surface area contributed by atoms with E-state index < -0.39 is 22.7 Å². The van der Waals surface area contributed by atoms with Crippen molar-refractivity contribution in [1.29, 1.82) is 5.26 Å². The molecule has 2 aliphatic heterocycles. The van der Waals surface area contributed by atoms with E-state index in [-0.39, 0.29) is 35.9 Å². The quantitative estimate of drug-likeness (QED) is 0.434. The van der Waals surface area contributed by atoms with Crippen LogP contribution in [0.4, 0.5) is 5.00 Å². The summed E-state index contributed by atoms with van der Waals surface area (Å²) in [6.45, 7) is 1.36. The SMILES string of the molecule is CC(=O)N(c1cccs1)C1C(=O)N2CC(C(=O)O)(C(CC#N)Sc3nnn[nH]3)CS[C@H]12. The summed E-state index contributed by atoms with van der Waals surface area (Å²) in [5.74, 6) is -1.44. The van der Waals surface area contributed by atoms with Crippen molar-refractivity contribution < 1.29 is 19.5 Å². The monoisotopic (exact) mass is 479 g/mol. The number of fused-ring (bicyclic) bond motifs is 1. The zero-order valence-corrected chi connectivity index (χ0v) is 18.6. The second kappa shape index (κ2) is 8.48. The first-order valence-corrected chi connectivity index (χ1v) is 12.0. The number of rotatable bonds is 7. The largest absolute Gasteiger partial charge is 0.481 e. The van der Waals surface area contributed by atoms with Gasteiger partial charge in [-0.25, -0.2) is 5.10 Å². The van der Waals surface area contributed by atoms with Gasteiger partial charge in [0, 0.05) is 30.9 Å². The molecule has 0 aromatic carbocycles. The molecule has 0 radical (unpaired) electrons. The van der Waals surface area contributed by atoms with Gasteiger partial charge in [0.1, 0.15) is 16.8 Å². The van der Waals surface area contributed by atoms with Crippen LogP contribution in [-0.4, -0.2) is 77.4 Å². The maximum absolute atomic E-state index is 13.1. The first-order valence-electron chi connectivity index (χ1n) is 9.15. The second-order valence-corrected chi connectivity index (χ2v) is 10.3. The number of carbonyl (C=O) groups excluding carboxylic acids is 2. The molecule has 11 nitrogen and oxygen atoms in total. The van der Waals surface area contributed by atoms with Crippen molar-refractivity contribution in [3.05, 3.63) is 17.5 Å². The summed E-state index contributed by atoms with van der Waals surface area (Å²) in [6.07, 6.45) is -0.0525. The third-order valence-electron chi connectivity index (χ3n) is 5.34. The third-order valence-corrected chi connectivity index (χ3v) is 9.04. The van der Waals surface area contributed by atoms with E-state index in [1.165, 1.54) is 39.8 Å². The summed E-state index contributed by atoms with van der Waals surface area (Å²) in [4.78, 5) is 40.8. The summed E-state index contributed by atoms with van der Waals surface area (Å²) in [5.41, 5.74) is -1.36. The number of thiophene rings is 1. The number of aliphatic carboxylic acids is 1. The molecular weight excluding hydrogens is 462 g/mol. The molecule has 0 saturated carbocycles. The highest BCUT2D eigenvalue weighted by molar-refractivity contribution is 8.01. The fourth-order valence-electron chi connectivity index (χ4n) is 3.80. The number of anilines is 1. The van der Waals surface area contributed by atoms with Crippen LogP contribution >= 0.6 is 34.9 Å². The molecule has 14 heteroatoms. The van der Waals surface area contributed by atoms with Crippen LogP contribution in [0.25, 0.3) is 0 Å².